The van der Waals surface area contributed by atoms with E-state index in [-0.39, 0.29) is 5.60 Å². The van der Waals surface area contributed by atoms with Gasteiger partial charge in [-0.2, -0.15) is 0 Å². The predicted molar refractivity (Wildman–Crippen MR) is 74.5 cm³/mol. The van der Waals surface area contributed by atoms with Gasteiger partial charge in [-0.15, -0.1) is 0 Å². The molecule has 0 saturated carbocycles. The van der Waals surface area contributed by atoms with Crippen molar-refractivity contribution in [2.24, 2.45) is 0 Å². The van der Waals surface area contributed by atoms with Crippen LogP contribution in [0.2, 0.25) is 0 Å². The fourth-order valence-electron chi connectivity index (χ4n) is 2.01. The van der Waals surface area contributed by atoms with E-state index in [9.17, 15) is 0 Å². The summed E-state index contributed by atoms with van der Waals surface area (Å²) in [6, 6.07) is 10.1. The van der Waals surface area contributed by atoms with Crippen molar-refractivity contribution in [1.29, 1.82) is 0 Å². The van der Waals surface area contributed by atoms with Gasteiger partial charge in [0.2, 0.25) is 0 Å². The van der Waals surface area contributed by atoms with Gasteiger partial charge in [-0.05, 0) is 38.8 Å². The third-order valence-corrected chi connectivity index (χ3v) is 3.02. The van der Waals surface area contributed by atoms with Crippen LogP contribution in [-0.4, -0.2) is 5.60 Å². The fraction of sp³-hybridized carbons (Fsp3) is 0.625. The summed E-state index contributed by atoms with van der Waals surface area (Å²) >= 11 is 0. The van der Waals surface area contributed by atoms with Gasteiger partial charge in [0, 0.05) is 0 Å². The largest absolute Gasteiger partial charge is 0.488 e. The second kappa shape index (κ2) is 7.37. The SMILES string of the molecule is CCCCCCCC(C)(C)Oc1ccccc1. The van der Waals surface area contributed by atoms with E-state index < -0.39 is 0 Å². The normalized spacial score (nSPS) is 11.5. The summed E-state index contributed by atoms with van der Waals surface area (Å²) in [5, 5.41) is 0. The lowest BCUT2D eigenvalue weighted by atomic mass is 9.99. The average molecular weight is 234 g/mol. The molecule has 1 rings (SSSR count). The minimum atomic E-state index is -0.0480. The van der Waals surface area contributed by atoms with Gasteiger partial charge in [-0.1, -0.05) is 50.8 Å². The number of unbranched alkanes of at least 4 members (excludes halogenated alkanes) is 4. The van der Waals surface area contributed by atoms with E-state index in [2.05, 4.69) is 20.8 Å². The molecule has 0 bridgehead atoms. The van der Waals surface area contributed by atoms with Crippen LogP contribution in [0.1, 0.15) is 59.3 Å². The van der Waals surface area contributed by atoms with Crippen LogP contribution in [-0.2, 0) is 0 Å². The molecule has 0 fully saturated rings. The number of para-hydroxylation sites is 1. The standard InChI is InChI=1S/C16H26O/c1-4-5-6-7-11-14-16(2,3)17-15-12-9-8-10-13-15/h8-10,12-13H,4-7,11,14H2,1-3H3. The molecule has 0 unspecified atom stereocenters. The first-order valence-corrected chi connectivity index (χ1v) is 6.88. The zero-order valence-electron chi connectivity index (χ0n) is 11.5. The smallest absolute Gasteiger partial charge is 0.120 e. The van der Waals surface area contributed by atoms with Crippen LogP contribution < -0.4 is 4.74 Å². The lowest BCUT2D eigenvalue weighted by Gasteiger charge is -2.26. The molecule has 0 aromatic heterocycles. The monoisotopic (exact) mass is 234 g/mol. The Hall–Kier alpha value is -0.980. The van der Waals surface area contributed by atoms with Crippen molar-refractivity contribution in [3.63, 3.8) is 0 Å². The molecule has 0 aliphatic heterocycles. The van der Waals surface area contributed by atoms with E-state index in [1.807, 2.05) is 30.3 Å². The molecule has 1 nitrogen and oxygen atoms in total. The number of benzene rings is 1. The van der Waals surface area contributed by atoms with Gasteiger partial charge in [-0.25, -0.2) is 0 Å². The zero-order valence-corrected chi connectivity index (χ0v) is 11.5. The number of rotatable bonds is 8. The molecule has 1 aromatic carbocycles. The molecule has 17 heavy (non-hydrogen) atoms. The highest BCUT2D eigenvalue weighted by molar-refractivity contribution is 5.21. The Morgan fingerprint density at radius 1 is 0.941 bits per heavy atom. The summed E-state index contributed by atoms with van der Waals surface area (Å²) in [5.74, 6) is 0.978. The van der Waals surface area contributed by atoms with Crippen LogP contribution in [0.25, 0.3) is 0 Å². The van der Waals surface area contributed by atoms with Crippen molar-refractivity contribution < 1.29 is 4.74 Å². The van der Waals surface area contributed by atoms with Crippen molar-refractivity contribution in [3.05, 3.63) is 30.3 Å². The highest BCUT2D eigenvalue weighted by Crippen LogP contribution is 2.23. The summed E-state index contributed by atoms with van der Waals surface area (Å²) in [4.78, 5) is 0. The van der Waals surface area contributed by atoms with E-state index in [4.69, 9.17) is 4.74 Å². The second-order valence-corrected chi connectivity index (χ2v) is 5.34. The van der Waals surface area contributed by atoms with Crippen LogP contribution in [0, 0.1) is 0 Å². The molecular formula is C16H26O. The maximum atomic E-state index is 6.01. The molecule has 0 atom stereocenters. The Labute approximate surface area is 106 Å². The molecule has 0 N–H and O–H groups in total. The van der Waals surface area contributed by atoms with Crippen molar-refractivity contribution >= 4 is 0 Å². The Morgan fingerprint density at radius 2 is 1.59 bits per heavy atom. The van der Waals surface area contributed by atoms with Crippen LogP contribution in [0.3, 0.4) is 0 Å². The van der Waals surface area contributed by atoms with Gasteiger partial charge in [0.15, 0.2) is 0 Å². The lowest BCUT2D eigenvalue weighted by Crippen LogP contribution is -2.27. The number of hydrogen-bond acceptors (Lipinski definition) is 1. The van der Waals surface area contributed by atoms with Crippen molar-refractivity contribution in [2.75, 3.05) is 0 Å². The molecule has 0 spiro atoms. The summed E-state index contributed by atoms with van der Waals surface area (Å²) < 4.78 is 6.01. The second-order valence-electron chi connectivity index (χ2n) is 5.34. The van der Waals surface area contributed by atoms with Gasteiger partial charge in [-0.3, -0.25) is 0 Å². The molecule has 0 radical (unpaired) electrons. The summed E-state index contributed by atoms with van der Waals surface area (Å²) in [5.41, 5.74) is -0.0480. The Bertz CT molecular complexity index is 290. The quantitative estimate of drug-likeness (QED) is 0.561. The Balaban J connectivity index is 2.26. The van der Waals surface area contributed by atoms with Gasteiger partial charge in [0.25, 0.3) is 0 Å². The van der Waals surface area contributed by atoms with Crippen LogP contribution in [0.5, 0.6) is 5.75 Å². The molecular weight excluding hydrogens is 208 g/mol. The maximum Gasteiger partial charge on any atom is 0.120 e. The Kier molecular flexibility index (Phi) is 6.10. The first-order valence-electron chi connectivity index (χ1n) is 6.88. The fourth-order valence-corrected chi connectivity index (χ4v) is 2.01. The molecule has 1 heteroatoms. The van der Waals surface area contributed by atoms with Crippen LogP contribution in [0.15, 0.2) is 30.3 Å². The topological polar surface area (TPSA) is 9.23 Å². The molecule has 0 aliphatic carbocycles. The van der Waals surface area contributed by atoms with Gasteiger partial charge in [0.1, 0.15) is 11.4 Å². The minimum absolute atomic E-state index is 0.0480. The van der Waals surface area contributed by atoms with Crippen LogP contribution >= 0.6 is 0 Å². The maximum absolute atomic E-state index is 6.01. The highest BCUT2D eigenvalue weighted by atomic mass is 16.5. The van der Waals surface area contributed by atoms with Crippen LogP contribution in [0.4, 0.5) is 0 Å². The molecule has 0 heterocycles. The third-order valence-electron chi connectivity index (χ3n) is 3.02. The average Bonchev–Trinajstić information content (AvgIpc) is 2.29. The zero-order chi connectivity index (χ0) is 12.6. The Morgan fingerprint density at radius 3 is 2.24 bits per heavy atom. The van der Waals surface area contributed by atoms with E-state index in [0.29, 0.717) is 0 Å². The number of hydrogen-bond donors (Lipinski definition) is 0. The minimum Gasteiger partial charge on any atom is -0.488 e. The van der Waals surface area contributed by atoms with E-state index in [1.54, 1.807) is 0 Å². The van der Waals surface area contributed by atoms with E-state index in [0.717, 1.165) is 12.2 Å². The summed E-state index contributed by atoms with van der Waals surface area (Å²) in [6.07, 6.45) is 7.75. The van der Waals surface area contributed by atoms with Crippen molar-refractivity contribution in [1.82, 2.24) is 0 Å². The van der Waals surface area contributed by atoms with Crippen molar-refractivity contribution in [2.45, 2.75) is 64.9 Å². The first kappa shape index (κ1) is 14.1. The summed E-state index contributed by atoms with van der Waals surface area (Å²) in [7, 11) is 0. The third kappa shape index (κ3) is 6.35. The van der Waals surface area contributed by atoms with E-state index >= 15 is 0 Å². The molecule has 0 aliphatic rings. The molecule has 0 amide bonds. The first-order chi connectivity index (χ1) is 8.14. The van der Waals surface area contributed by atoms with Gasteiger partial charge < -0.3 is 4.74 Å². The summed E-state index contributed by atoms with van der Waals surface area (Å²) in [6.45, 7) is 6.61. The van der Waals surface area contributed by atoms with Gasteiger partial charge >= 0.3 is 0 Å². The van der Waals surface area contributed by atoms with Gasteiger partial charge in [0.05, 0.1) is 0 Å². The molecule has 1 aromatic rings. The lowest BCUT2D eigenvalue weighted by molar-refractivity contribution is 0.0961. The predicted octanol–water partition coefficient (Wildman–Crippen LogP) is 5.20. The number of ether oxygens (including phenoxy) is 1. The van der Waals surface area contributed by atoms with Crippen molar-refractivity contribution in [3.8, 4) is 5.75 Å². The molecule has 96 valence electrons. The molecule has 0 saturated heterocycles. The highest BCUT2D eigenvalue weighted by Gasteiger charge is 2.18. The van der Waals surface area contributed by atoms with E-state index in [1.165, 1.54) is 32.1 Å².